The monoisotopic (exact) mass is 485 g/mol. The van der Waals surface area contributed by atoms with Crippen LogP contribution in [0.2, 0.25) is 0 Å². The third kappa shape index (κ3) is 4.32. The summed E-state index contributed by atoms with van der Waals surface area (Å²) in [6.45, 7) is 0. The van der Waals surface area contributed by atoms with Crippen molar-refractivity contribution in [3.8, 4) is 5.75 Å². The zero-order chi connectivity index (χ0) is 16.3. The van der Waals surface area contributed by atoms with E-state index in [1.807, 2.05) is 22.6 Å². The van der Waals surface area contributed by atoms with Crippen LogP contribution in [0.5, 0.6) is 5.75 Å². The summed E-state index contributed by atoms with van der Waals surface area (Å²) in [5, 5.41) is 13.7. The zero-order valence-corrected chi connectivity index (χ0v) is 14.4. The number of hydrogen-bond donors (Lipinski definition) is 2. The molecule has 0 amide bonds. The number of alkyl halides is 3. The number of aromatic hydroxyl groups is 1. The highest BCUT2D eigenvalue weighted by molar-refractivity contribution is 14.1. The normalized spacial score (nSPS) is 11.9. The van der Waals surface area contributed by atoms with Crippen molar-refractivity contribution in [2.45, 2.75) is 6.18 Å². The number of nitrogens with zero attached hydrogens (tertiary/aromatic N) is 2. The lowest BCUT2D eigenvalue weighted by atomic mass is 10.2. The van der Waals surface area contributed by atoms with E-state index in [-0.39, 0.29) is 11.6 Å². The van der Waals surface area contributed by atoms with E-state index in [1.54, 1.807) is 12.1 Å². The Morgan fingerprint density at radius 3 is 2.64 bits per heavy atom. The number of phenols is 1. The van der Waals surface area contributed by atoms with Crippen molar-refractivity contribution >= 4 is 50.6 Å². The van der Waals surface area contributed by atoms with Crippen molar-refractivity contribution in [3.05, 3.63) is 49.6 Å². The molecule has 0 bridgehead atoms. The van der Waals surface area contributed by atoms with Crippen molar-refractivity contribution in [3.63, 3.8) is 0 Å². The fraction of sp³-hybridized carbons (Fsp3) is 0.0769. The molecule has 0 atom stereocenters. The fourth-order valence-corrected chi connectivity index (χ4v) is 3.03. The Labute approximate surface area is 145 Å². The number of benzene rings is 1. The summed E-state index contributed by atoms with van der Waals surface area (Å²) in [5.74, 6) is 0.225. The number of aromatic nitrogens is 1. The van der Waals surface area contributed by atoms with Crippen LogP contribution < -0.4 is 5.43 Å². The quantitative estimate of drug-likeness (QED) is 0.379. The van der Waals surface area contributed by atoms with E-state index in [0.29, 0.717) is 9.13 Å². The van der Waals surface area contributed by atoms with E-state index < -0.39 is 11.7 Å². The van der Waals surface area contributed by atoms with Gasteiger partial charge in [-0.2, -0.15) is 18.3 Å². The Balaban J connectivity index is 2.10. The first-order chi connectivity index (χ1) is 10.3. The highest BCUT2D eigenvalue weighted by Crippen LogP contribution is 2.29. The van der Waals surface area contributed by atoms with Crippen LogP contribution >= 0.6 is 38.5 Å². The number of hydrazone groups is 1. The smallest absolute Gasteiger partial charge is 0.417 e. The maximum atomic E-state index is 12.4. The second-order valence-corrected chi connectivity index (χ2v) is 6.20. The summed E-state index contributed by atoms with van der Waals surface area (Å²) >= 11 is 5.26. The molecule has 0 unspecified atom stereocenters. The van der Waals surface area contributed by atoms with Crippen molar-refractivity contribution in [1.82, 2.24) is 4.98 Å². The molecule has 22 heavy (non-hydrogen) atoms. The van der Waals surface area contributed by atoms with Crippen molar-refractivity contribution in [2.24, 2.45) is 5.10 Å². The SMILES string of the molecule is Oc1c(I)cc(Br)cc1/C=N/Nc1ccc(C(F)(F)F)cn1. The maximum Gasteiger partial charge on any atom is 0.417 e. The average Bonchev–Trinajstić information content (AvgIpc) is 2.43. The molecule has 2 aromatic rings. The zero-order valence-electron chi connectivity index (χ0n) is 10.7. The Morgan fingerprint density at radius 1 is 1.32 bits per heavy atom. The molecule has 2 N–H and O–H groups in total. The molecule has 0 radical (unpaired) electrons. The van der Waals surface area contributed by atoms with E-state index in [9.17, 15) is 18.3 Å². The first-order valence-electron chi connectivity index (χ1n) is 5.77. The topological polar surface area (TPSA) is 57.5 Å². The van der Waals surface area contributed by atoms with Crippen molar-refractivity contribution < 1.29 is 18.3 Å². The van der Waals surface area contributed by atoms with Crippen LogP contribution in [0.4, 0.5) is 19.0 Å². The molecule has 1 heterocycles. The minimum Gasteiger partial charge on any atom is -0.506 e. The van der Waals surface area contributed by atoms with Gasteiger partial charge in [0.25, 0.3) is 0 Å². The van der Waals surface area contributed by atoms with E-state index in [1.165, 1.54) is 12.3 Å². The minimum absolute atomic E-state index is 0.0646. The lowest BCUT2D eigenvalue weighted by Crippen LogP contribution is -2.05. The van der Waals surface area contributed by atoms with Gasteiger partial charge in [-0.25, -0.2) is 4.98 Å². The number of anilines is 1. The first kappa shape index (κ1) is 17.0. The van der Waals surface area contributed by atoms with Gasteiger partial charge in [0.1, 0.15) is 11.6 Å². The van der Waals surface area contributed by atoms with Gasteiger partial charge in [0.05, 0.1) is 15.3 Å². The lowest BCUT2D eigenvalue weighted by Gasteiger charge is -2.06. The summed E-state index contributed by atoms with van der Waals surface area (Å²) in [6.07, 6.45) is -2.35. The van der Waals surface area contributed by atoms with Crippen molar-refractivity contribution in [1.29, 1.82) is 0 Å². The highest BCUT2D eigenvalue weighted by atomic mass is 127. The molecular weight excluding hydrogens is 478 g/mol. The van der Waals surface area contributed by atoms with Crippen LogP contribution in [0.3, 0.4) is 0 Å². The predicted octanol–water partition coefficient (Wildman–Crippen LogP) is 4.62. The minimum atomic E-state index is -4.42. The van der Waals surface area contributed by atoms with Gasteiger partial charge >= 0.3 is 6.18 Å². The number of hydrogen-bond acceptors (Lipinski definition) is 4. The molecule has 0 saturated heterocycles. The predicted molar refractivity (Wildman–Crippen MR) is 89.0 cm³/mol. The van der Waals surface area contributed by atoms with E-state index >= 15 is 0 Å². The molecule has 0 saturated carbocycles. The van der Waals surface area contributed by atoms with Crippen LogP contribution in [-0.2, 0) is 6.18 Å². The van der Waals surface area contributed by atoms with Crippen LogP contribution in [-0.4, -0.2) is 16.3 Å². The van der Waals surface area contributed by atoms with E-state index in [2.05, 4.69) is 31.4 Å². The Hall–Kier alpha value is -1.36. The molecule has 1 aromatic carbocycles. The number of halogens is 5. The van der Waals surface area contributed by atoms with Gasteiger partial charge in [-0.05, 0) is 46.9 Å². The van der Waals surface area contributed by atoms with Gasteiger partial charge in [-0.15, -0.1) is 0 Å². The summed E-state index contributed by atoms with van der Waals surface area (Å²) in [5.41, 5.74) is 2.12. The fourth-order valence-electron chi connectivity index (χ4n) is 1.48. The molecule has 1 aromatic heterocycles. The highest BCUT2D eigenvalue weighted by Gasteiger charge is 2.30. The number of nitrogens with one attached hydrogen (secondary N) is 1. The molecular formula is C13H8BrF3IN3O. The Morgan fingerprint density at radius 2 is 2.05 bits per heavy atom. The third-order valence-electron chi connectivity index (χ3n) is 2.53. The average molecular weight is 486 g/mol. The second kappa shape index (κ2) is 6.82. The summed E-state index contributed by atoms with van der Waals surface area (Å²) < 4.78 is 38.6. The Kier molecular flexibility index (Phi) is 5.27. The summed E-state index contributed by atoms with van der Waals surface area (Å²) in [7, 11) is 0. The molecule has 0 aliphatic heterocycles. The van der Waals surface area contributed by atoms with Gasteiger partial charge < -0.3 is 5.11 Å². The molecule has 0 spiro atoms. The number of phenolic OH excluding ortho intramolecular Hbond substituents is 1. The standard InChI is InChI=1S/C13H8BrF3IN3O/c14-9-3-7(12(22)10(18)4-9)5-20-21-11-2-1-8(6-19-11)13(15,16)17/h1-6,22H,(H,19,21)/b20-5+. The Bertz CT molecular complexity index is 705. The van der Waals surface area contributed by atoms with Gasteiger partial charge in [-0.1, -0.05) is 15.9 Å². The summed E-state index contributed by atoms with van der Waals surface area (Å²) in [4.78, 5) is 3.62. The molecule has 2 rings (SSSR count). The number of rotatable bonds is 3. The van der Waals surface area contributed by atoms with Crippen LogP contribution in [0.15, 0.2) is 40.0 Å². The van der Waals surface area contributed by atoms with Crippen LogP contribution in [0.25, 0.3) is 0 Å². The van der Waals surface area contributed by atoms with Crippen LogP contribution in [0.1, 0.15) is 11.1 Å². The maximum absolute atomic E-state index is 12.4. The van der Waals surface area contributed by atoms with E-state index in [4.69, 9.17) is 0 Å². The molecule has 0 aliphatic carbocycles. The molecule has 116 valence electrons. The van der Waals surface area contributed by atoms with Gasteiger partial charge in [0, 0.05) is 16.2 Å². The lowest BCUT2D eigenvalue weighted by molar-refractivity contribution is -0.137. The largest absolute Gasteiger partial charge is 0.506 e. The molecule has 0 fully saturated rings. The second-order valence-electron chi connectivity index (χ2n) is 4.13. The van der Waals surface area contributed by atoms with Gasteiger partial charge in [0.15, 0.2) is 0 Å². The van der Waals surface area contributed by atoms with Crippen LogP contribution in [0, 0.1) is 3.57 Å². The van der Waals surface area contributed by atoms with Crippen molar-refractivity contribution in [2.75, 3.05) is 5.43 Å². The molecule has 9 heteroatoms. The first-order valence-corrected chi connectivity index (χ1v) is 7.65. The number of pyridine rings is 1. The van der Waals surface area contributed by atoms with Gasteiger partial charge in [-0.3, -0.25) is 5.43 Å². The third-order valence-corrected chi connectivity index (χ3v) is 3.81. The summed E-state index contributed by atoms with van der Waals surface area (Å²) in [6, 6.07) is 5.47. The van der Waals surface area contributed by atoms with Gasteiger partial charge in [0.2, 0.25) is 0 Å². The molecule has 0 aliphatic rings. The molecule has 4 nitrogen and oxygen atoms in total. The van der Waals surface area contributed by atoms with E-state index in [0.717, 1.165) is 16.7 Å².